The molecule has 0 spiro atoms. The van der Waals surface area contributed by atoms with Gasteiger partial charge in [-0.1, -0.05) is 0 Å². The number of hydrogen-bond donors (Lipinski definition) is 2. The smallest absolute Gasteiger partial charge is 0.173 e. The van der Waals surface area contributed by atoms with Crippen LogP contribution in [0.25, 0.3) is 0 Å². The van der Waals surface area contributed by atoms with E-state index in [0.717, 1.165) is 42.7 Å². The summed E-state index contributed by atoms with van der Waals surface area (Å²) >= 11 is 5.43. The first-order valence-electron chi connectivity index (χ1n) is 6.20. The third-order valence-corrected chi connectivity index (χ3v) is 3.61. The van der Waals surface area contributed by atoms with Crippen molar-refractivity contribution >= 4 is 23.0 Å². The van der Waals surface area contributed by atoms with Crippen molar-refractivity contribution in [3.8, 4) is 5.75 Å². The van der Waals surface area contributed by atoms with Gasteiger partial charge < -0.3 is 19.9 Å². The molecule has 1 heterocycles. The zero-order chi connectivity index (χ0) is 13.0. The number of nitrogens with one attached hydrogen (secondary N) is 2. The van der Waals surface area contributed by atoms with Crippen molar-refractivity contribution in [1.29, 1.82) is 0 Å². The maximum Gasteiger partial charge on any atom is 0.173 e. The van der Waals surface area contributed by atoms with Crippen LogP contribution in [-0.4, -0.2) is 50.3 Å². The fourth-order valence-corrected chi connectivity index (χ4v) is 2.27. The number of rotatable bonds is 2. The van der Waals surface area contributed by atoms with Gasteiger partial charge in [-0.15, -0.1) is 0 Å². The molecule has 1 aliphatic heterocycles. The summed E-state index contributed by atoms with van der Waals surface area (Å²) in [5.74, 6) is 0.856. The van der Waals surface area contributed by atoms with Crippen molar-refractivity contribution in [2.75, 3.05) is 45.7 Å². The van der Waals surface area contributed by atoms with Crippen LogP contribution < -0.4 is 15.0 Å². The normalized spacial score (nSPS) is 16.4. The molecule has 0 aliphatic carbocycles. The SMILES string of the molecule is COc1ccc(NC(=S)N2CC[NH+](C)CC2)cc1. The van der Waals surface area contributed by atoms with Gasteiger partial charge in [-0.25, -0.2) is 0 Å². The molecule has 1 aromatic carbocycles. The molecule has 0 amide bonds. The molecule has 1 saturated heterocycles. The van der Waals surface area contributed by atoms with Crippen molar-refractivity contribution < 1.29 is 9.64 Å². The van der Waals surface area contributed by atoms with E-state index in [0.29, 0.717) is 0 Å². The van der Waals surface area contributed by atoms with Gasteiger partial charge in [0, 0.05) is 5.69 Å². The molecule has 0 radical (unpaired) electrons. The first-order chi connectivity index (χ1) is 8.69. The van der Waals surface area contributed by atoms with Gasteiger partial charge in [0.25, 0.3) is 0 Å². The minimum atomic E-state index is 0.813. The van der Waals surface area contributed by atoms with Crippen molar-refractivity contribution in [2.45, 2.75) is 0 Å². The third kappa shape index (κ3) is 3.34. The zero-order valence-electron chi connectivity index (χ0n) is 10.9. The molecule has 0 bridgehead atoms. The number of ether oxygens (including phenoxy) is 1. The molecule has 1 aliphatic rings. The molecular formula is C13H20N3OS+. The lowest BCUT2D eigenvalue weighted by molar-refractivity contribution is -0.883. The van der Waals surface area contributed by atoms with Crippen molar-refractivity contribution in [3.05, 3.63) is 24.3 Å². The van der Waals surface area contributed by atoms with E-state index in [1.807, 2.05) is 24.3 Å². The molecular weight excluding hydrogens is 246 g/mol. The Bertz CT molecular complexity index is 399. The largest absolute Gasteiger partial charge is 0.497 e. The van der Waals surface area contributed by atoms with E-state index < -0.39 is 0 Å². The number of quaternary nitrogens is 1. The molecule has 5 heteroatoms. The van der Waals surface area contributed by atoms with E-state index in [1.54, 1.807) is 12.0 Å². The quantitative estimate of drug-likeness (QED) is 0.750. The van der Waals surface area contributed by atoms with Crippen LogP contribution in [0.3, 0.4) is 0 Å². The van der Waals surface area contributed by atoms with Crippen LogP contribution in [0, 0.1) is 0 Å². The molecule has 18 heavy (non-hydrogen) atoms. The second kappa shape index (κ2) is 6.02. The number of methoxy groups -OCH3 is 1. The molecule has 0 saturated carbocycles. The Hall–Kier alpha value is -1.33. The molecule has 98 valence electrons. The predicted octanol–water partition coefficient (Wildman–Crippen LogP) is 0.222. The number of nitrogens with zero attached hydrogens (tertiary/aromatic N) is 1. The molecule has 2 rings (SSSR count). The van der Waals surface area contributed by atoms with E-state index in [9.17, 15) is 0 Å². The summed E-state index contributed by atoms with van der Waals surface area (Å²) in [5.41, 5.74) is 1.01. The fourth-order valence-electron chi connectivity index (χ4n) is 1.97. The first kappa shape index (κ1) is 13.1. The van der Waals surface area contributed by atoms with E-state index in [1.165, 1.54) is 0 Å². The maximum atomic E-state index is 5.43. The summed E-state index contributed by atoms with van der Waals surface area (Å²) in [6.07, 6.45) is 0. The highest BCUT2D eigenvalue weighted by molar-refractivity contribution is 7.80. The Morgan fingerprint density at radius 1 is 1.28 bits per heavy atom. The lowest BCUT2D eigenvalue weighted by Crippen LogP contribution is -3.12. The average Bonchev–Trinajstić information content (AvgIpc) is 2.40. The van der Waals surface area contributed by atoms with Crippen molar-refractivity contribution in [3.63, 3.8) is 0 Å². The van der Waals surface area contributed by atoms with E-state index >= 15 is 0 Å². The van der Waals surface area contributed by atoms with E-state index in [2.05, 4.69) is 17.3 Å². The molecule has 1 fully saturated rings. The zero-order valence-corrected chi connectivity index (χ0v) is 11.7. The number of hydrogen-bond acceptors (Lipinski definition) is 2. The van der Waals surface area contributed by atoms with E-state index in [-0.39, 0.29) is 0 Å². The lowest BCUT2D eigenvalue weighted by Gasteiger charge is -2.32. The van der Waals surface area contributed by atoms with Crippen LogP contribution in [0.15, 0.2) is 24.3 Å². The van der Waals surface area contributed by atoms with Crippen LogP contribution in [0.4, 0.5) is 5.69 Å². The number of piperazine rings is 1. The van der Waals surface area contributed by atoms with Crippen LogP contribution in [-0.2, 0) is 0 Å². The van der Waals surface area contributed by atoms with Gasteiger partial charge in [0.05, 0.1) is 40.3 Å². The van der Waals surface area contributed by atoms with Gasteiger partial charge in [0.2, 0.25) is 0 Å². The second-order valence-corrected chi connectivity index (χ2v) is 4.99. The first-order valence-corrected chi connectivity index (χ1v) is 6.61. The van der Waals surface area contributed by atoms with Gasteiger partial charge >= 0.3 is 0 Å². The summed E-state index contributed by atoms with van der Waals surface area (Å²) in [6, 6.07) is 7.82. The summed E-state index contributed by atoms with van der Waals surface area (Å²) in [5, 5.41) is 4.08. The maximum absolute atomic E-state index is 5.43. The summed E-state index contributed by atoms with van der Waals surface area (Å²) in [4.78, 5) is 3.80. The number of likely N-dealkylation sites (N-methyl/N-ethyl adjacent to an activating group) is 1. The Morgan fingerprint density at radius 3 is 2.44 bits per heavy atom. The number of benzene rings is 1. The van der Waals surface area contributed by atoms with Gasteiger partial charge in [-0.05, 0) is 36.5 Å². The summed E-state index contributed by atoms with van der Waals surface area (Å²) in [7, 11) is 3.89. The standard InChI is InChI=1S/C13H19N3OS/c1-15-7-9-16(10-8-15)13(18)14-11-3-5-12(17-2)6-4-11/h3-6H,7-10H2,1-2H3,(H,14,18)/p+1. The van der Waals surface area contributed by atoms with Crippen LogP contribution in [0.1, 0.15) is 0 Å². The highest BCUT2D eigenvalue weighted by Gasteiger charge is 2.18. The Balaban J connectivity index is 1.90. The van der Waals surface area contributed by atoms with Crippen LogP contribution >= 0.6 is 12.2 Å². The molecule has 0 unspecified atom stereocenters. The third-order valence-electron chi connectivity index (χ3n) is 3.25. The fraction of sp³-hybridized carbons (Fsp3) is 0.462. The molecule has 1 aromatic rings. The number of anilines is 1. The molecule has 4 nitrogen and oxygen atoms in total. The topological polar surface area (TPSA) is 28.9 Å². The van der Waals surface area contributed by atoms with Gasteiger partial charge in [0.15, 0.2) is 5.11 Å². The molecule has 2 N–H and O–H groups in total. The second-order valence-electron chi connectivity index (χ2n) is 4.60. The van der Waals surface area contributed by atoms with Gasteiger partial charge in [-0.3, -0.25) is 0 Å². The predicted molar refractivity (Wildman–Crippen MR) is 77.4 cm³/mol. The van der Waals surface area contributed by atoms with Crippen molar-refractivity contribution in [1.82, 2.24) is 4.90 Å². The van der Waals surface area contributed by atoms with Gasteiger partial charge in [-0.2, -0.15) is 0 Å². The molecule has 0 aromatic heterocycles. The average molecular weight is 266 g/mol. The van der Waals surface area contributed by atoms with Crippen LogP contribution in [0.5, 0.6) is 5.75 Å². The monoisotopic (exact) mass is 266 g/mol. The highest BCUT2D eigenvalue weighted by atomic mass is 32.1. The van der Waals surface area contributed by atoms with Crippen LogP contribution in [0.2, 0.25) is 0 Å². The number of thiocarbonyl (C=S) groups is 1. The Labute approximate surface area is 114 Å². The minimum absolute atomic E-state index is 0.813. The van der Waals surface area contributed by atoms with Gasteiger partial charge in [0.1, 0.15) is 5.75 Å². The summed E-state index contributed by atoms with van der Waals surface area (Å²) in [6.45, 7) is 4.33. The van der Waals surface area contributed by atoms with E-state index in [4.69, 9.17) is 17.0 Å². The van der Waals surface area contributed by atoms with Crippen molar-refractivity contribution in [2.24, 2.45) is 0 Å². The Morgan fingerprint density at radius 2 is 1.89 bits per heavy atom. The highest BCUT2D eigenvalue weighted by Crippen LogP contribution is 2.15. The lowest BCUT2D eigenvalue weighted by atomic mass is 10.3. The Kier molecular flexibility index (Phi) is 4.38. The summed E-state index contributed by atoms with van der Waals surface area (Å²) < 4.78 is 5.13. The minimum Gasteiger partial charge on any atom is -0.497 e. The molecule has 0 atom stereocenters.